The standard InChI is InChI=1S/C18H13N5OS2/c1-12-21-22-17(25-12)20-18-23(14-8-3-2-4-9-14)16(24)15(26-18)11-13-7-5-6-10-19-13/h2-11H,1H3/b15-11-,20-18+. The molecule has 128 valence electrons. The Bertz CT molecular complexity index is 999. The highest BCUT2D eigenvalue weighted by atomic mass is 32.2. The first-order valence-corrected chi connectivity index (χ1v) is 9.43. The summed E-state index contributed by atoms with van der Waals surface area (Å²) in [6, 6.07) is 15.0. The van der Waals surface area contributed by atoms with E-state index in [4.69, 9.17) is 0 Å². The van der Waals surface area contributed by atoms with Crippen molar-refractivity contribution in [2.24, 2.45) is 4.99 Å². The minimum absolute atomic E-state index is 0.133. The average molecular weight is 379 g/mol. The van der Waals surface area contributed by atoms with Crippen molar-refractivity contribution in [2.75, 3.05) is 4.90 Å². The number of aliphatic imine (C=N–C) groups is 1. The molecule has 0 spiro atoms. The third kappa shape index (κ3) is 3.42. The lowest BCUT2D eigenvalue weighted by atomic mass is 10.2. The van der Waals surface area contributed by atoms with Crippen molar-refractivity contribution >= 4 is 51.1 Å². The molecule has 1 saturated heterocycles. The third-order valence-corrected chi connectivity index (χ3v) is 5.20. The fourth-order valence-electron chi connectivity index (χ4n) is 2.36. The number of pyridine rings is 1. The number of hydrogen-bond donors (Lipinski definition) is 0. The van der Waals surface area contributed by atoms with Crippen LogP contribution in [0.15, 0.2) is 64.6 Å². The van der Waals surface area contributed by atoms with E-state index >= 15 is 0 Å². The minimum Gasteiger partial charge on any atom is -0.268 e. The van der Waals surface area contributed by atoms with Gasteiger partial charge in [0, 0.05) is 6.20 Å². The molecule has 26 heavy (non-hydrogen) atoms. The lowest BCUT2D eigenvalue weighted by molar-refractivity contribution is -0.113. The highest BCUT2D eigenvalue weighted by Gasteiger charge is 2.35. The van der Waals surface area contributed by atoms with E-state index in [1.54, 1.807) is 17.2 Å². The average Bonchev–Trinajstić information content (AvgIpc) is 3.20. The molecule has 0 aliphatic carbocycles. The zero-order valence-electron chi connectivity index (χ0n) is 13.7. The van der Waals surface area contributed by atoms with Crippen molar-refractivity contribution in [3.05, 3.63) is 70.3 Å². The van der Waals surface area contributed by atoms with Crippen molar-refractivity contribution in [1.82, 2.24) is 15.2 Å². The second-order valence-electron chi connectivity index (χ2n) is 5.34. The summed E-state index contributed by atoms with van der Waals surface area (Å²) >= 11 is 2.69. The molecule has 3 aromatic rings. The number of carbonyl (C=O) groups is 1. The van der Waals surface area contributed by atoms with Crippen molar-refractivity contribution in [3.63, 3.8) is 0 Å². The minimum atomic E-state index is -0.133. The van der Waals surface area contributed by atoms with E-state index in [9.17, 15) is 4.79 Å². The Morgan fingerprint density at radius 1 is 1.08 bits per heavy atom. The third-order valence-electron chi connectivity index (χ3n) is 3.49. The quantitative estimate of drug-likeness (QED) is 0.642. The number of nitrogens with zero attached hydrogens (tertiary/aromatic N) is 5. The summed E-state index contributed by atoms with van der Waals surface area (Å²) in [5.74, 6) is -0.133. The molecule has 1 aromatic carbocycles. The van der Waals surface area contributed by atoms with Gasteiger partial charge < -0.3 is 0 Å². The number of carbonyl (C=O) groups excluding carboxylic acids is 1. The number of hydrogen-bond acceptors (Lipinski definition) is 7. The van der Waals surface area contributed by atoms with E-state index in [-0.39, 0.29) is 5.91 Å². The number of para-hydroxylation sites is 1. The molecular weight excluding hydrogens is 366 g/mol. The monoisotopic (exact) mass is 379 g/mol. The van der Waals surface area contributed by atoms with Gasteiger partial charge in [-0.05, 0) is 49.0 Å². The smallest absolute Gasteiger partial charge is 0.268 e. The summed E-state index contributed by atoms with van der Waals surface area (Å²) in [5, 5.41) is 9.93. The van der Waals surface area contributed by atoms with Crippen LogP contribution in [0.1, 0.15) is 10.7 Å². The van der Waals surface area contributed by atoms with E-state index in [0.717, 1.165) is 16.4 Å². The van der Waals surface area contributed by atoms with Crippen LogP contribution in [0.5, 0.6) is 0 Å². The van der Waals surface area contributed by atoms with Gasteiger partial charge in [-0.25, -0.2) is 0 Å². The highest BCUT2D eigenvalue weighted by molar-refractivity contribution is 8.19. The lowest BCUT2D eigenvalue weighted by Crippen LogP contribution is -2.28. The largest absolute Gasteiger partial charge is 0.271 e. The Morgan fingerprint density at radius 3 is 2.58 bits per heavy atom. The van der Waals surface area contributed by atoms with Gasteiger partial charge in [0.2, 0.25) is 5.13 Å². The first-order valence-electron chi connectivity index (χ1n) is 7.79. The zero-order valence-corrected chi connectivity index (χ0v) is 15.4. The van der Waals surface area contributed by atoms with Crippen molar-refractivity contribution in [3.8, 4) is 0 Å². The van der Waals surface area contributed by atoms with Crippen molar-refractivity contribution < 1.29 is 4.79 Å². The predicted molar refractivity (Wildman–Crippen MR) is 105 cm³/mol. The Labute approximate surface area is 158 Å². The van der Waals surface area contributed by atoms with Crippen LogP contribution in [0.4, 0.5) is 10.8 Å². The second kappa shape index (κ2) is 7.19. The van der Waals surface area contributed by atoms with E-state index < -0.39 is 0 Å². The van der Waals surface area contributed by atoms with Crippen molar-refractivity contribution in [1.29, 1.82) is 0 Å². The summed E-state index contributed by atoms with van der Waals surface area (Å²) in [7, 11) is 0. The topological polar surface area (TPSA) is 71.3 Å². The van der Waals surface area contributed by atoms with Crippen LogP contribution >= 0.6 is 23.1 Å². The fraction of sp³-hybridized carbons (Fsp3) is 0.0556. The van der Waals surface area contributed by atoms with Crippen LogP contribution in [0, 0.1) is 6.92 Å². The Morgan fingerprint density at radius 2 is 1.88 bits per heavy atom. The molecule has 3 heterocycles. The number of amidine groups is 1. The molecular formula is C18H13N5OS2. The first kappa shape index (κ1) is 16.6. The number of anilines is 1. The summed E-state index contributed by atoms with van der Waals surface area (Å²) in [6.07, 6.45) is 3.47. The number of amides is 1. The number of aromatic nitrogens is 3. The summed E-state index contributed by atoms with van der Waals surface area (Å²) in [4.78, 5) is 24.0. The van der Waals surface area contributed by atoms with Crippen LogP contribution in [0.2, 0.25) is 0 Å². The van der Waals surface area contributed by atoms with Gasteiger partial charge in [-0.1, -0.05) is 35.6 Å². The molecule has 2 aromatic heterocycles. The van der Waals surface area contributed by atoms with Gasteiger partial charge in [0.25, 0.3) is 5.91 Å². The molecule has 0 atom stereocenters. The van der Waals surface area contributed by atoms with Gasteiger partial charge in [0.15, 0.2) is 5.17 Å². The fourth-order valence-corrected chi connectivity index (χ4v) is 3.95. The van der Waals surface area contributed by atoms with Crippen LogP contribution in [-0.4, -0.2) is 26.3 Å². The molecule has 0 N–H and O–H groups in total. The number of thioether (sulfide) groups is 1. The van der Waals surface area contributed by atoms with Crippen LogP contribution in [0.3, 0.4) is 0 Å². The summed E-state index contributed by atoms with van der Waals surface area (Å²) < 4.78 is 0. The first-order chi connectivity index (χ1) is 12.7. The zero-order chi connectivity index (χ0) is 17.9. The van der Waals surface area contributed by atoms with E-state index in [1.807, 2.05) is 55.5 Å². The van der Waals surface area contributed by atoms with Crippen molar-refractivity contribution in [2.45, 2.75) is 6.92 Å². The number of aryl methyl sites for hydroxylation is 1. The Kier molecular flexibility index (Phi) is 4.59. The SMILES string of the molecule is Cc1nnc(/N=C2/S/C(=C\c3ccccn3)C(=O)N2c2ccccc2)s1. The summed E-state index contributed by atoms with van der Waals surface area (Å²) in [6.45, 7) is 1.87. The lowest BCUT2D eigenvalue weighted by Gasteiger charge is -2.14. The maximum atomic E-state index is 13.0. The highest BCUT2D eigenvalue weighted by Crippen LogP contribution is 2.37. The number of benzene rings is 1. The molecule has 0 unspecified atom stereocenters. The normalized spacial score (nSPS) is 17.4. The molecule has 0 radical (unpaired) electrons. The molecule has 1 fully saturated rings. The molecule has 4 rings (SSSR count). The molecule has 0 bridgehead atoms. The van der Waals surface area contributed by atoms with Gasteiger partial charge in [-0.2, -0.15) is 4.99 Å². The maximum Gasteiger partial charge on any atom is 0.271 e. The Hall–Kier alpha value is -2.84. The molecule has 0 saturated carbocycles. The Balaban J connectivity index is 1.77. The maximum absolute atomic E-state index is 13.0. The van der Waals surface area contributed by atoms with Gasteiger partial charge in [0.05, 0.1) is 16.3 Å². The van der Waals surface area contributed by atoms with Crippen LogP contribution < -0.4 is 4.90 Å². The van der Waals surface area contributed by atoms with Gasteiger partial charge in [-0.15, -0.1) is 10.2 Å². The predicted octanol–water partition coefficient (Wildman–Crippen LogP) is 4.05. The molecule has 6 nitrogen and oxygen atoms in total. The number of rotatable bonds is 3. The van der Waals surface area contributed by atoms with Gasteiger partial charge >= 0.3 is 0 Å². The van der Waals surface area contributed by atoms with E-state index in [1.165, 1.54) is 23.1 Å². The van der Waals surface area contributed by atoms with E-state index in [2.05, 4.69) is 20.2 Å². The van der Waals surface area contributed by atoms with E-state index in [0.29, 0.717) is 15.2 Å². The molecule has 1 amide bonds. The van der Waals surface area contributed by atoms with Crippen LogP contribution in [-0.2, 0) is 4.79 Å². The molecule has 1 aliphatic heterocycles. The second-order valence-corrected chi connectivity index (χ2v) is 7.51. The van der Waals surface area contributed by atoms with Gasteiger partial charge in [-0.3, -0.25) is 14.7 Å². The summed E-state index contributed by atoms with van der Waals surface area (Å²) in [5.41, 5.74) is 1.48. The van der Waals surface area contributed by atoms with Gasteiger partial charge in [0.1, 0.15) is 5.01 Å². The van der Waals surface area contributed by atoms with Crippen LogP contribution in [0.25, 0.3) is 6.08 Å². The molecule has 8 heteroatoms. The molecule has 1 aliphatic rings.